The number of rotatable bonds is 6. The molecule has 1 heterocycles. The van der Waals surface area contributed by atoms with Gasteiger partial charge in [0.1, 0.15) is 5.78 Å². The average Bonchev–Trinajstić information content (AvgIpc) is 2.58. The monoisotopic (exact) mass is 362 g/mol. The molecule has 1 saturated heterocycles. The summed E-state index contributed by atoms with van der Waals surface area (Å²) in [7, 11) is 0. The molecule has 1 fully saturated rings. The van der Waals surface area contributed by atoms with Crippen LogP contribution >= 0.6 is 0 Å². The molecule has 0 spiro atoms. The summed E-state index contributed by atoms with van der Waals surface area (Å²) >= 11 is 0. The standard InChI is InChI=1S/C19H32N2O.C4H10/c1-3-17-7-5-9-18(10-6-8-17)15-20-11-13-21(14-12-20)16-19(22)4-2;1-4(2)3/h5-8,17-18H,3-4,9-16H2,1-2H3;4H,1-3H3/b7-5-,8-6-;. The van der Waals surface area contributed by atoms with Crippen molar-refractivity contribution in [1.82, 2.24) is 9.80 Å². The highest BCUT2D eigenvalue weighted by molar-refractivity contribution is 5.80. The second-order valence-corrected chi connectivity index (χ2v) is 8.47. The molecule has 0 amide bonds. The Morgan fingerprint density at radius 2 is 1.46 bits per heavy atom. The predicted octanol–water partition coefficient (Wildman–Crippen LogP) is 4.79. The number of allylic oxidation sites excluding steroid dienone is 4. The normalized spacial score (nSPS) is 27.2. The third kappa shape index (κ3) is 10.3. The van der Waals surface area contributed by atoms with Crippen LogP contribution in [0.15, 0.2) is 24.3 Å². The lowest BCUT2D eigenvalue weighted by molar-refractivity contribution is -0.120. The Kier molecular flexibility index (Phi) is 11.8. The molecule has 3 nitrogen and oxygen atoms in total. The van der Waals surface area contributed by atoms with Crippen molar-refractivity contribution in [3.63, 3.8) is 0 Å². The van der Waals surface area contributed by atoms with Crippen LogP contribution in [0.4, 0.5) is 0 Å². The maximum Gasteiger partial charge on any atom is 0.146 e. The third-order valence-corrected chi connectivity index (χ3v) is 4.95. The van der Waals surface area contributed by atoms with E-state index in [1.54, 1.807) is 0 Å². The van der Waals surface area contributed by atoms with Gasteiger partial charge in [0.25, 0.3) is 0 Å². The molecule has 0 atom stereocenters. The van der Waals surface area contributed by atoms with Crippen molar-refractivity contribution in [3.05, 3.63) is 24.3 Å². The third-order valence-electron chi connectivity index (χ3n) is 4.95. The van der Waals surface area contributed by atoms with Gasteiger partial charge in [0.15, 0.2) is 0 Å². The summed E-state index contributed by atoms with van der Waals surface area (Å²) < 4.78 is 0. The molecule has 0 aromatic heterocycles. The van der Waals surface area contributed by atoms with Gasteiger partial charge in [-0.1, -0.05) is 58.9 Å². The molecule has 150 valence electrons. The molecule has 0 radical (unpaired) electrons. The second-order valence-electron chi connectivity index (χ2n) is 8.47. The first-order chi connectivity index (χ1) is 12.4. The van der Waals surface area contributed by atoms with Crippen molar-refractivity contribution in [2.45, 2.75) is 60.3 Å². The lowest BCUT2D eigenvalue weighted by Crippen LogP contribution is -2.49. The fraction of sp³-hybridized carbons (Fsp3) is 0.783. The van der Waals surface area contributed by atoms with Gasteiger partial charge in [-0.25, -0.2) is 0 Å². The Morgan fingerprint density at radius 3 is 1.92 bits per heavy atom. The van der Waals surface area contributed by atoms with Crippen LogP contribution in [0.1, 0.15) is 60.3 Å². The van der Waals surface area contributed by atoms with Crippen molar-refractivity contribution in [3.8, 4) is 0 Å². The van der Waals surface area contributed by atoms with Gasteiger partial charge in [-0.15, -0.1) is 0 Å². The molecule has 0 saturated carbocycles. The molecule has 0 bridgehead atoms. The van der Waals surface area contributed by atoms with E-state index in [0.29, 0.717) is 24.7 Å². The van der Waals surface area contributed by atoms with Crippen LogP contribution in [0.25, 0.3) is 0 Å². The SMILES string of the molecule is CC(C)C.CCC(=O)CN1CCN(CC2C/C=C\C(CC)/C=C\C2)CC1. The maximum absolute atomic E-state index is 11.5. The zero-order valence-corrected chi connectivity index (χ0v) is 17.9. The van der Waals surface area contributed by atoms with Crippen molar-refractivity contribution in [2.24, 2.45) is 17.8 Å². The topological polar surface area (TPSA) is 23.6 Å². The molecule has 1 aliphatic heterocycles. The number of Topliss-reactive ketones (excluding diaryl/α,β-unsaturated/α-hetero) is 1. The number of hydrogen-bond acceptors (Lipinski definition) is 3. The van der Waals surface area contributed by atoms with Gasteiger partial charge in [0, 0.05) is 39.1 Å². The van der Waals surface area contributed by atoms with Crippen LogP contribution in [0.2, 0.25) is 0 Å². The Balaban J connectivity index is 0.000000765. The minimum absolute atomic E-state index is 0.370. The van der Waals surface area contributed by atoms with Gasteiger partial charge >= 0.3 is 0 Å². The molecular formula is C23H42N2O. The number of ketones is 1. The molecule has 3 heteroatoms. The molecule has 2 aliphatic rings. The van der Waals surface area contributed by atoms with Crippen LogP contribution in [0.3, 0.4) is 0 Å². The maximum atomic E-state index is 11.5. The van der Waals surface area contributed by atoms with E-state index in [1.165, 1.54) is 25.8 Å². The summed E-state index contributed by atoms with van der Waals surface area (Å²) in [5, 5.41) is 0. The van der Waals surface area contributed by atoms with Crippen molar-refractivity contribution >= 4 is 5.78 Å². The first-order valence-corrected chi connectivity index (χ1v) is 10.7. The van der Waals surface area contributed by atoms with Crippen LogP contribution in [0, 0.1) is 17.8 Å². The van der Waals surface area contributed by atoms with Crippen LogP contribution in [-0.4, -0.2) is 54.9 Å². The van der Waals surface area contributed by atoms with Gasteiger partial charge < -0.3 is 4.90 Å². The number of hydrogen-bond donors (Lipinski definition) is 0. The molecule has 0 N–H and O–H groups in total. The van der Waals surface area contributed by atoms with Crippen molar-refractivity contribution in [2.75, 3.05) is 39.3 Å². The lowest BCUT2D eigenvalue weighted by atomic mass is 9.93. The fourth-order valence-corrected chi connectivity index (χ4v) is 3.33. The molecule has 26 heavy (non-hydrogen) atoms. The predicted molar refractivity (Wildman–Crippen MR) is 113 cm³/mol. The molecule has 0 aromatic carbocycles. The van der Waals surface area contributed by atoms with Crippen LogP contribution in [-0.2, 0) is 4.79 Å². The highest BCUT2D eigenvalue weighted by atomic mass is 16.1. The number of carbonyl (C=O) groups excluding carboxylic acids is 1. The van der Waals surface area contributed by atoms with Gasteiger partial charge in [-0.2, -0.15) is 0 Å². The van der Waals surface area contributed by atoms with Crippen LogP contribution < -0.4 is 0 Å². The zero-order valence-electron chi connectivity index (χ0n) is 17.9. The summed E-state index contributed by atoms with van der Waals surface area (Å²) in [4.78, 5) is 16.4. The first-order valence-electron chi connectivity index (χ1n) is 10.7. The number of carbonyl (C=O) groups is 1. The van der Waals surface area contributed by atoms with Gasteiger partial charge in [-0.05, 0) is 37.0 Å². The number of piperazine rings is 1. The summed E-state index contributed by atoms with van der Waals surface area (Å²) in [6, 6.07) is 0. The highest BCUT2D eigenvalue weighted by Crippen LogP contribution is 2.19. The van der Waals surface area contributed by atoms with Gasteiger partial charge in [-0.3, -0.25) is 9.69 Å². The van der Waals surface area contributed by atoms with E-state index < -0.39 is 0 Å². The molecule has 1 aliphatic carbocycles. The summed E-state index contributed by atoms with van der Waals surface area (Å²) in [6.07, 6.45) is 13.8. The van der Waals surface area contributed by atoms with Gasteiger partial charge in [0.05, 0.1) is 6.54 Å². The van der Waals surface area contributed by atoms with Crippen molar-refractivity contribution in [1.29, 1.82) is 0 Å². The molecule has 2 rings (SSSR count). The van der Waals surface area contributed by atoms with E-state index in [1.807, 2.05) is 6.92 Å². The van der Waals surface area contributed by atoms with E-state index in [9.17, 15) is 4.79 Å². The Hall–Kier alpha value is -0.930. The van der Waals surface area contributed by atoms with E-state index in [-0.39, 0.29) is 0 Å². The highest BCUT2D eigenvalue weighted by Gasteiger charge is 2.20. The van der Waals surface area contributed by atoms with E-state index >= 15 is 0 Å². The quantitative estimate of drug-likeness (QED) is 0.635. The molecule has 0 unspecified atom stereocenters. The molecule has 0 aromatic rings. The zero-order chi connectivity index (χ0) is 19.4. The Bertz CT molecular complexity index is 415. The Morgan fingerprint density at radius 1 is 0.962 bits per heavy atom. The summed E-state index contributed by atoms with van der Waals surface area (Å²) in [6.45, 7) is 16.9. The average molecular weight is 363 g/mol. The summed E-state index contributed by atoms with van der Waals surface area (Å²) in [5.41, 5.74) is 0. The van der Waals surface area contributed by atoms with E-state index in [0.717, 1.165) is 38.0 Å². The summed E-state index contributed by atoms with van der Waals surface area (Å²) in [5.74, 6) is 2.59. The minimum Gasteiger partial charge on any atom is -0.300 e. The van der Waals surface area contributed by atoms with E-state index in [4.69, 9.17) is 0 Å². The number of nitrogens with zero attached hydrogens (tertiary/aromatic N) is 2. The second kappa shape index (κ2) is 13.3. The van der Waals surface area contributed by atoms with Crippen LogP contribution in [0.5, 0.6) is 0 Å². The van der Waals surface area contributed by atoms with Crippen molar-refractivity contribution < 1.29 is 4.79 Å². The minimum atomic E-state index is 0.370. The smallest absolute Gasteiger partial charge is 0.146 e. The van der Waals surface area contributed by atoms with Gasteiger partial charge in [0.2, 0.25) is 0 Å². The lowest BCUT2D eigenvalue weighted by Gasteiger charge is -2.36. The Labute approximate surface area is 162 Å². The fourth-order valence-electron chi connectivity index (χ4n) is 3.33. The molecular weight excluding hydrogens is 320 g/mol. The largest absolute Gasteiger partial charge is 0.300 e. The van der Waals surface area contributed by atoms with E-state index in [2.05, 4.69) is 61.8 Å². The first kappa shape index (κ1) is 23.1.